The second-order valence-electron chi connectivity index (χ2n) is 4.32. The van der Waals surface area contributed by atoms with Crippen molar-refractivity contribution in [2.24, 2.45) is 0 Å². The highest BCUT2D eigenvalue weighted by Crippen LogP contribution is 2.22. The minimum Gasteiger partial charge on any atom is -0.248 e. The molecule has 2 heterocycles. The molecular weight excluding hydrogens is 308 g/mol. The van der Waals surface area contributed by atoms with Gasteiger partial charge in [0.25, 0.3) is 0 Å². The first-order valence-corrected chi connectivity index (χ1v) is 8.60. The Kier molecular flexibility index (Phi) is 4.67. The van der Waals surface area contributed by atoms with Crippen molar-refractivity contribution < 1.29 is 8.42 Å². The van der Waals surface area contributed by atoms with Crippen molar-refractivity contribution in [1.82, 2.24) is 14.7 Å². The number of thiazole rings is 1. The van der Waals surface area contributed by atoms with Crippen LogP contribution in [-0.2, 0) is 16.4 Å². The lowest BCUT2D eigenvalue weighted by molar-refractivity contribution is 0.565. The number of hydrogen-bond acceptors (Lipinski definition) is 6. The first-order chi connectivity index (χ1) is 9.97. The van der Waals surface area contributed by atoms with Gasteiger partial charge in [0.05, 0.1) is 6.04 Å². The lowest BCUT2D eigenvalue weighted by Crippen LogP contribution is -2.27. The fraction of sp³-hybridized carbons (Fsp3) is 0.308. The summed E-state index contributed by atoms with van der Waals surface area (Å²) in [5.74, 6) is 0. The summed E-state index contributed by atoms with van der Waals surface area (Å²) in [5, 5.41) is 9.65. The molecular formula is C13H14N4O2S2. The summed E-state index contributed by atoms with van der Waals surface area (Å²) in [6.07, 6.45) is 3.99. The van der Waals surface area contributed by atoms with Crippen molar-refractivity contribution in [2.45, 2.75) is 31.2 Å². The summed E-state index contributed by atoms with van der Waals surface area (Å²) in [5.41, 5.74) is -0.120. The fourth-order valence-corrected chi connectivity index (χ4v) is 3.97. The molecule has 1 N–H and O–H groups in total. The van der Waals surface area contributed by atoms with Crippen LogP contribution in [0.1, 0.15) is 35.5 Å². The van der Waals surface area contributed by atoms with Gasteiger partial charge in [-0.15, -0.1) is 11.3 Å². The second kappa shape index (κ2) is 6.30. The molecule has 0 fully saturated rings. The van der Waals surface area contributed by atoms with E-state index in [1.54, 1.807) is 19.2 Å². The van der Waals surface area contributed by atoms with Crippen molar-refractivity contribution in [3.63, 3.8) is 0 Å². The van der Waals surface area contributed by atoms with Crippen LogP contribution in [0.3, 0.4) is 0 Å². The van der Waals surface area contributed by atoms with Gasteiger partial charge in [0.2, 0.25) is 10.0 Å². The zero-order chi connectivity index (χ0) is 15.5. The zero-order valence-corrected chi connectivity index (χ0v) is 13.2. The standard InChI is InChI=1S/C13H14N4O2S2/c1-3-10-8-16-13(20-10)9(2)17-21(18,19)12-5-4-6-15-11(12)7-14/h4-6,8-9,17H,3H2,1-2H3. The van der Waals surface area contributed by atoms with E-state index in [1.165, 1.54) is 29.7 Å². The second-order valence-corrected chi connectivity index (χ2v) is 7.15. The Balaban J connectivity index is 2.27. The number of pyridine rings is 1. The van der Waals surface area contributed by atoms with Gasteiger partial charge in [-0.05, 0) is 25.5 Å². The molecule has 8 heteroatoms. The third kappa shape index (κ3) is 3.44. The molecule has 2 aromatic rings. The summed E-state index contributed by atoms with van der Waals surface area (Å²) in [6, 6.07) is 4.16. The molecule has 110 valence electrons. The summed E-state index contributed by atoms with van der Waals surface area (Å²) >= 11 is 1.47. The molecule has 21 heavy (non-hydrogen) atoms. The minimum atomic E-state index is -3.82. The van der Waals surface area contributed by atoms with Crippen LogP contribution < -0.4 is 4.72 Å². The van der Waals surface area contributed by atoms with E-state index in [4.69, 9.17) is 5.26 Å². The van der Waals surface area contributed by atoms with Gasteiger partial charge in [-0.3, -0.25) is 0 Å². The molecule has 0 saturated heterocycles. The summed E-state index contributed by atoms with van der Waals surface area (Å²) < 4.78 is 27.2. The third-order valence-corrected chi connectivity index (χ3v) is 5.69. The molecule has 2 rings (SSSR count). The Hall–Kier alpha value is -1.82. The average molecular weight is 322 g/mol. The lowest BCUT2D eigenvalue weighted by Gasteiger charge is -2.12. The van der Waals surface area contributed by atoms with Gasteiger partial charge in [0.15, 0.2) is 5.69 Å². The van der Waals surface area contributed by atoms with Crippen LogP contribution in [0.15, 0.2) is 29.4 Å². The fourth-order valence-electron chi connectivity index (χ4n) is 1.72. The lowest BCUT2D eigenvalue weighted by atomic mass is 10.4. The molecule has 0 bridgehead atoms. The molecule has 2 aromatic heterocycles. The molecule has 0 aliphatic heterocycles. The topological polar surface area (TPSA) is 95.7 Å². The molecule has 0 saturated carbocycles. The van der Waals surface area contributed by atoms with Crippen LogP contribution >= 0.6 is 11.3 Å². The number of sulfonamides is 1. The smallest absolute Gasteiger partial charge is 0.244 e. The van der Waals surface area contributed by atoms with E-state index in [0.717, 1.165) is 11.3 Å². The molecule has 0 spiro atoms. The van der Waals surface area contributed by atoms with Crippen molar-refractivity contribution in [3.05, 3.63) is 40.1 Å². The molecule has 0 aliphatic rings. The maximum atomic E-state index is 12.3. The van der Waals surface area contributed by atoms with Gasteiger partial charge in [0.1, 0.15) is 16.0 Å². The van der Waals surface area contributed by atoms with Crippen molar-refractivity contribution >= 4 is 21.4 Å². The van der Waals surface area contributed by atoms with Crippen LogP contribution in [-0.4, -0.2) is 18.4 Å². The number of hydrogen-bond donors (Lipinski definition) is 1. The zero-order valence-electron chi connectivity index (χ0n) is 11.6. The highest BCUT2D eigenvalue weighted by molar-refractivity contribution is 7.89. The van der Waals surface area contributed by atoms with Crippen molar-refractivity contribution in [1.29, 1.82) is 5.26 Å². The molecule has 6 nitrogen and oxygen atoms in total. The minimum absolute atomic E-state index is 0.119. The highest BCUT2D eigenvalue weighted by Gasteiger charge is 2.23. The average Bonchev–Trinajstić information content (AvgIpc) is 2.96. The van der Waals surface area contributed by atoms with E-state index < -0.39 is 16.1 Å². The first-order valence-electron chi connectivity index (χ1n) is 6.30. The highest BCUT2D eigenvalue weighted by atomic mass is 32.2. The van der Waals surface area contributed by atoms with Crippen LogP contribution in [0, 0.1) is 11.3 Å². The van der Waals surface area contributed by atoms with Gasteiger partial charge < -0.3 is 0 Å². The normalized spacial score (nSPS) is 12.8. The van der Waals surface area contributed by atoms with Gasteiger partial charge in [-0.25, -0.2) is 23.1 Å². The molecule has 0 aromatic carbocycles. The van der Waals surface area contributed by atoms with Crippen molar-refractivity contribution in [3.8, 4) is 6.07 Å². The van der Waals surface area contributed by atoms with E-state index >= 15 is 0 Å². The van der Waals surface area contributed by atoms with Gasteiger partial charge in [0, 0.05) is 17.3 Å². The van der Waals surface area contributed by atoms with Crippen LogP contribution in [0.4, 0.5) is 0 Å². The van der Waals surface area contributed by atoms with E-state index in [1.807, 2.05) is 6.92 Å². The number of rotatable bonds is 5. The largest absolute Gasteiger partial charge is 0.248 e. The molecule has 0 radical (unpaired) electrons. The van der Waals surface area contributed by atoms with E-state index in [2.05, 4.69) is 14.7 Å². The number of nitrogens with one attached hydrogen (secondary N) is 1. The number of nitrogens with zero attached hydrogens (tertiary/aromatic N) is 3. The number of aryl methyl sites for hydroxylation is 1. The Morgan fingerprint density at radius 1 is 1.48 bits per heavy atom. The number of nitriles is 1. The molecule has 0 amide bonds. The number of aromatic nitrogens is 2. The Morgan fingerprint density at radius 2 is 2.24 bits per heavy atom. The van der Waals surface area contributed by atoms with E-state index in [-0.39, 0.29) is 10.6 Å². The van der Waals surface area contributed by atoms with Crippen LogP contribution in [0.2, 0.25) is 0 Å². The SMILES string of the molecule is CCc1cnc(C(C)NS(=O)(=O)c2cccnc2C#N)s1. The maximum Gasteiger partial charge on any atom is 0.244 e. The summed E-state index contributed by atoms with van der Waals surface area (Å²) in [4.78, 5) is 8.96. The summed E-state index contributed by atoms with van der Waals surface area (Å²) in [7, 11) is -3.82. The molecule has 0 aliphatic carbocycles. The predicted molar refractivity (Wildman–Crippen MR) is 79.2 cm³/mol. The Labute approximate surface area is 127 Å². The van der Waals surface area contributed by atoms with E-state index in [0.29, 0.717) is 5.01 Å². The van der Waals surface area contributed by atoms with Crippen molar-refractivity contribution in [2.75, 3.05) is 0 Å². The van der Waals surface area contributed by atoms with E-state index in [9.17, 15) is 8.42 Å². The van der Waals surface area contributed by atoms with Crippen LogP contribution in [0.5, 0.6) is 0 Å². The monoisotopic (exact) mass is 322 g/mol. The van der Waals surface area contributed by atoms with Crippen LogP contribution in [0.25, 0.3) is 0 Å². The molecule has 1 atom stereocenters. The first kappa shape index (κ1) is 15.6. The maximum absolute atomic E-state index is 12.3. The van der Waals surface area contributed by atoms with Gasteiger partial charge >= 0.3 is 0 Å². The quantitative estimate of drug-likeness (QED) is 0.908. The third-order valence-electron chi connectivity index (χ3n) is 2.79. The summed E-state index contributed by atoms with van der Waals surface area (Å²) in [6.45, 7) is 3.74. The molecule has 1 unspecified atom stereocenters. The Morgan fingerprint density at radius 3 is 2.86 bits per heavy atom. The van der Waals surface area contributed by atoms with Gasteiger partial charge in [-0.2, -0.15) is 5.26 Å². The van der Waals surface area contributed by atoms with Gasteiger partial charge in [-0.1, -0.05) is 6.92 Å². The Bertz CT molecular complexity index is 777. The predicted octanol–water partition coefficient (Wildman–Crippen LogP) is 2.01.